The van der Waals surface area contributed by atoms with Crippen molar-refractivity contribution < 1.29 is 14.3 Å². The van der Waals surface area contributed by atoms with Gasteiger partial charge in [-0.25, -0.2) is 0 Å². The molecule has 0 amide bonds. The molecule has 3 heteroatoms. The lowest BCUT2D eigenvalue weighted by atomic mass is 10.1. The second-order valence-electron chi connectivity index (χ2n) is 4.15. The summed E-state index contributed by atoms with van der Waals surface area (Å²) >= 11 is 0. The van der Waals surface area contributed by atoms with Crippen molar-refractivity contribution in [3.63, 3.8) is 0 Å². The fraction of sp³-hybridized carbons (Fsp3) is 0.462. The van der Waals surface area contributed by atoms with E-state index >= 15 is 0 Å². The molecule has 2 rings (SSSR count). The zero-order valence-corrected chi connectivity index (χ0v) is 9.82. The van der Waals surface area contributed by atoms with Gasteiger partial charge in [0.1, 0.15) is 0 Å². The highest BCUT2D eigenvalue weighted by Gasteiger charge is 2.56. The predicted molar refractivity (Wildman–Crippen MR) is 60.6 cm³/mol. The van der Waals surface area contributed by atoms with Crippen LogP contribution in [0.4, 0.5) is 0 Å². The predicted octanol–water partition coefficient (Wildman–Crippen LogP) is 2.37. The highest BCUT2D eigenvalue weighted by Crippen LogP contribution is 2.54. The van der Waals surface area contributed by atoms with Crippen molar-refractivity contribution in [2.24, 2.45) is 0 Å². The van der Waals surface area contributed by atoms with Crippen LogP contribution in [0, 0.1) is 0 Å². The van der Waals surface area contributed by atoms with Crippen molar-refractivity contribution in [2.45, 2.75) is 25.0 Å². The van der Waals surface area contributed by atoms with E-state index in [-0.39, 0.29) is 11.7 Å². The minimum absolute atomic E-state index is 0.0899. The van der Waals surface area contributed by atoms with Crippen molar-refractivity contribution in [1.29, 1.82) is 0 Å². The second-order valence-corrected chi connectivity index (χ2v) is 4.15. The van der Waals surface area contributed by atoms with Gasteiger partial charge in [-0.2, -0.15) is 0 Å². The summed E-state index contributed by atoms with van der Waals surface area (Å²) in [6, 6.07) is 7.65. The van der Waals surface area contributed by atoms with Crippen LogP contribution in [0.5, 0.6) is 0 Å². The van der Waals surface area contributed by atoms with E-state index in [2.05, 4.69) is 0 Å². The summed E-state index contributed by atoms with van der Waals surface area (Å²) in [4.78, 5) is 11.1. The van der Waals surface area contributed by atoms with Crippen LogP contribution >= 0.6 is 0 Å². The van der Waals surface area contributed by atoms with Gasteiger partial charge in [0.05, 0.1) is 0 Å². The van der Waals surface area contributed by atoms with Gasteiger partial charge in [-0.1, -0.05) is 24.3 Å². The first-order valence-corrected chi connectivity index (χ1v) is 5.34. The topological polar surface area (TPSA) is 35.5 Å². The third-order valence-corrected chi connectivity index (χ3v) is 3.27. The number of Topliss-reactive ketones (excluding diaryl/α,β-unsaturated/α-hetero) is 1. The van der Waals surface area contributed by atoms with Gasteiger partial charge in [-0.05, 0) is 12.5 Å². The van der Waals surface area contributed by atoms with Crippen molar-refractivity contribution in [3.05, 3.63) is 35.4 Å². The molecule has 1 aromatic carbocycles. The molecule has 1 saturated carbocycles. The van der Waals surface area contributed by atoms with Crippen LogP contribution in [0.1, 0.15) is 35.2 Å². The molecule has 1 fully saturated rings. The molecule has 1 aliphatic carbocycles. The number of benzene rings is 1. The summed E-state index contributed by atoms with van der Waals surface area (Å²) in [6.45, 7) is 1.57. The van der Waals surface area contributed by atoms with Crippen LogP contribution in [0.15, 0.2) is 24.3 Å². The van der Waals surface area contributed by atoms with Crippen LogP contribution in [-0.4, -0.2) is 25.8 Å². The molecule has 0 heterocycles. The van der Waals surface area contributed by atoms with Crippen LogP contribution in [0.3, 0.4) is 0 Å². The van der Waals surface area contributed by atoms with E-state index in [1.54, 1.807) is 21.1 Å². The number of hydrogen-bond donors (Lipinski definition) is 0. The molecule has 0 bridgehead atoms. The average Bonchev–Trinajstić information content (AvgIpc) is 3.04. The van der Waals surface area contributed by atoms with Crippen LogP contribution in [0.25, 0.3) is 0 Å². The van der Waals surface area contributed by atoms with Crippen molar-refractivity contribution in [1.82, 2.24) is 0 Å². The highest BCUT2D eigenvalue weighted by atomic mass is 16.7. The highest BCUT2D eigenvalue weighted by molar-refractivity contribution is 5.94. The van der Waals surface area contributed by atoms with Gasteiger partial charge in [-0.15, -0.1) is 0 Å². The summed E-state index contributed by atoms with van der Waals surface area (Å²) in [5.74, 6) is -0.0758. The fourth-order valence-electron chi connectivity index (χ4n) is 2.08. The average molecular weight is 220 g/mol. The molecule has 86 valence electrons. The molecule has 0 spiro atoms. The zero-order chi connectivity index (χ0) is 11.8. The quantitative estimate of drug-likeness (QED) is 0.577. The number of methoxy groups -OCH3 is 2. The number of carbonyl (C=O) groups is 1. The lowest BCUT2D eigenvalue weighted by molar-refractivity contribution is -0.132. The molecule has 0 N–H and O–H groups in total. The van der Waals surface area contributed by atoms with E-state index in [9.17, 15) is 4.79 Å². The SMILES string of the molecule is COC1(OC)CC1c1ccc(C(C)=O)cc1. The normalized spacial score (nSPS) is 21.8. The van der Waals surface area contributed by atoms with Gasteiger partial charge >= 0.3 is 0 Å². The zero-order valence-electron chi connectivity index (χ0n) is 9.82. The first kappa shape index (κ1) is 11.3. The Morgan fingerprint density at radius 3 is 2.19 bits per heavy atom. The van der Waals surface area contributed by atoms with E-state index in [0.717, 1.165) is 17.5 Å². The van der Waals surface area contributed by atoms with E-state index < -0.39 is 5.79 Å². The van der Waals surface area contributed by atoms with E-state index in [1.165, 1.54) is 0 Å². The molecule has 3 nitrogen and oxygen atoms in total. The van der Waals surface area contributed by atoms with Gasteiger partial charge in [0.25, 0.3) is 0 Å². The molecule has 0 saturated heterocycles. The number of ether oxygens (including phenoxy) is 2. The lowest BCUT2D eigenvalue weighted by Gasteiger charge is -2.13. The minimum atomic E-state index is -0.447. The largest absolute Gasteiger partial charge is 0.353 e. The summed E-state index contributed by atoms with van der Waals surface area (Å²) in [5, 5.41) is 0. The molecule has 16 heavy (non-hydrogen) atoms. The van der Waals surface area contributed by atoms with E-state index in [4.69, 9.17) is 9.47 Å². The van der Waals surface area contributed by atoms with Gasteiger partial charge in [0.2, 0.25) is 0 Å². The van der Waals surface area contributed by atoms with Crippen molar-refractivity contribution in [2.75, 3.05) is 14.2 Å². The Labute approximate surface area is 95.4 Å². The summed E-state index contributed by atoms with van der Waals surface area (Å²) in [5.41, 5.74) is 1.90. The minimum Gasteiger partial charge on any atom is -0.353 e. The number of carbonyl (C=O) groups excluding carboxylic acids is 1. The first-order valence-electron chi connectivity index (χ1n) is 5.34. The first-order chi connectivity index (χ1) is 7.63. The Kier molecular flexibility index (Phi) is 2.82. The number of ketones is 1. The van der Waals surface area contributed by atoms with Gasteiger partial charge < -0.3 is 9.47 Å². The number of rotatable bonds is 4. The maximum Gasteiger partial charge on any atom is 0.175 e. The summed E-state index contributed by atoms with van der Waals surface area (Å²) < 4.78 is 10.7. The third-order valence-electron chi connectivity index (χ3n) is 3.27. The Morgan fingerprint density at radius 1 is 1.25 bits per heavy atom. The Bertz CT molecular complexity index is 390. The van der Waals surface area contributed by atoms with Crippen LogP contribution in [-0.2, 0) is 9.47 Å². The second kappa shape index (κ2) is 4.00. The monoisotopic (exact) mass is 220 g/mol. The van der Waals surface area contributed by atoms with Gasteiger partial charge in [0.15, 0.2) is 11.6 Å². The Hall–Kier alpha value is -1.19. The third kappa shape index (κ3) is 1.77. The molecule has 1 atom stereocenters. The lowest BCUT2D eigenvalue weighted by Crippen LogP contribution is -2.16. The molecule has 0 aliphatic heterocycles. The molecule has 0 radical (unpaired) electrons. The van der Waals surface area contributed by atoms with Crippen molar-refractivity contribution >= 4 is 5.78 Å². The van der Waals surface area contributed by atoms with E-state index in [0.29, 0.717) is 0 Å². The molecular formula is C13H16O3. The molecular weight excluding hydrogens is 204 g/mol. The van der Waals surface area contributed by atoms with Gasteiger partial charge in [0, 0.05) is 32.1 Å². The standard InChI is InChI=1S/C13H16O3/c1-9(14)10-4-6-11(7-5-10)12-8-13(12,15-2)16-3/h4-7,12H,8H2,1-3H3. The van der Waals surface area contributed by atoms with Gasteiger partial charge in [-0.3, -0.25) is 4.79 Å². The Balaban J connectivity index is 2.16. The summed E-state index contributed by atoms with van der Waals surface area (Å²) in [7, 11) is 3.32. The fourth-order valence-corrected chi connectivity index (χ4v) is 2.08. The maximum atomic E-state index is 11.1. The van der Waals surface area contributed by atoms with E-state index in [1.807, 2.05) is 24.3 Å². The van der Waals surface area contributed by atoms with Crippen LogP contribution in [0.2, 0.25) is 0 Å². The van der Waals surface area contributed by atoms with Crippen molar-refractivity contribution in [3.8, 4) is 0 Å². The molecule has 1 unspecified atom stereocenters. The number of hydrogen-bond acceptors (Lipinski definition) is 3. The smallest absolute Gasteiger partial charge is 0.175 e. The molecule has 1 aliphatic rings. The summed E-state index contributed by atoms with van der Waals surface area (Å²) in [6.07, 6.45) is 0.874. The molecule has 1 aromatic rings. The Morgan fingerprint density at radius 2 is 1.81 bits per heavy atom. The molecule has 0 aromatic heterocycles. The van der Waals surface area contributed by atoms with Crippen LogP contribution < -0.4 is 0 Å². The maximum absolute atomic E-state index is 11.1.